The third kappa shape index (κ3) is 17.9. The Bertz CT molecular complexity index is 992. The summed E-state index contributed by atoms with van der Waals surface area (Å²) < 4.78 is 33.9. The van der Waals surface area contributed by atoms with Crippen LogP contribution in [-0.2, 0) is 42.8 Å². The number of unbranched alkanes of at least 4 members (excludes halogenated alkanes) is 9. The number of carboxylic acids is 1. The smallest absolute Gasteiger partial charge is 0.303 e. The van der Waals surface area contributed by atoms with Gasteiger partial charge in [0.15, 0.2) is 6.29 Å². The molecule has 0 aromatic carbocycles. The van der Waals surface area contributed by atoms with Crippen molar-refractivity contribution in [3.05, 3.63) is 12.2 Å². The van der Waals surface area contributed by atoms with E-state index in [9.17, 15) is 34.8 Å². The molecule has 0 saturated carbocycles. The minimum absolute atomic E-state index is 0.00973. The van der Waals surface area contributed by atoms with Gasteiger partial charge in [0.05, 0.1) is 43.5 Å². The molecule has 2 fully saturated rings. The van der Waals surface area contributed by atoms with Gasteiger partial charge in [-0.05, 0) is 45.4 Å². The average Bonchev–Trinajstić information content (AvgIpc) is 3.05. The van der Waals surface area contributed by atoms with E-state index in [0.29, 0.717) is 0 Å². The molecule has 0 aromatic heterocycles. The lowest BCUT2D eigenvalue weighted by Gasteiger charge is -2.43. The number of hydrogen-bond donors (Lipinski definition) is 5. The van der Waals surface area contributed by atoms with Crippen molar-refractivity contribution < 1.29 is 68.3 Å². The van der Waals surface area contributed by atoms with E-state index in [1.54, 1.807) is 0 Å². The summed E-state index contributed by atoms with van der Waals surface area (Å²) in [7, 11) is 0. The molecule has 2 aliphatic heterocycles. The first-order valence-corrected chi connectivity index (χ1v) is 18.3. The number of carbonyl (C=O) groups is 3. The normalized spacial score (nSPS) is 29.1. The van der Waals surface area contributed by atoms with Crippen molar-refractivity contribution in [2.75, 3.05) is 26.4 Å². The standard InChI is InChI=1S/C36H62O14/c1-24(17-15-13-11-9-7-5-4-6-8-10-12-14-16-18-32(40)41)48-36-28(33(42)35(44)31(50-36)23-47-26(3)38)21-45-20-27-19-29(39)34(43)30(49-27)22-46-25(2)37/h4-5,24,27-31,33-36,39,42-44H,6-23H2,1-3H3,(H,40,41)/b5-4+. The molecule has 0 spiro atoms. The summed E-state index contributed by atoms with van der Waals surface area (Å²) in [5.74, 6) is -2.60. The monoisotopic (exact) mass is 718 g/mol. The molecular weight excluding hydrogens is 656 g/mol. The maximum absolute atomic E-state index is 11.4. The summed E-state index contributed by atoms with van der Waals surface area (Å²) in [4.78, 5) is 33.1. The molecule has 0 radical (unpaired) electrons. The summed E-state index contributed by atoms with van der Waals surface area (Å²) in [6.45, 7) is 3.83. The van der Waals surface area contributed by atoms with E-state index in [1.807, 2.05) is 6.92 Å². The second-order valence-electron chi connectivity index (χ2n) is 13.5. The van der Waals surface area contributed by atoms with Gasteiger partial charge in [-0.1, -0.05) is 50.7 Å². The van der Waals surface area contributed by atoms with E-state index < -0.39 is 72.8 Å². The van der Waals surface area contributed by atoms with Gasteiger partial charge in [0.25, 0.3) is 0 Å². The van der Waals surface area contributed by atoms with Crippen LogP contribution in [0, 0.1) is 5.92 Å². The SMILES string of the molecule is CC(=O)OCC1OC(COCC2C(OC(C)CCCCCC/C=C/CCCCCCCC(=O)O)OC(COC(C)=O)C(O)C2O)CC(O)C1O. The molecule has 50 heavy (non-hydrogen) atoms. The van der Waals surface area contributed by atoms with E-state index in [1.165, 1.54) is 13.8 Å². The van der Waals surface area contributed by atoms with Gasteiger partial charge in [0.2, 0.25) is 0 Å². The number of esters is 2. The van der Waals surface area contributed by atoms with E-state index in [-0.39, 0.29) is 45.4 Å². The molecule has 5 N–H and O–H groups in total. The highest BCUT2D eigenvalue weighted by Crippen LogP contribution is 2.30. The zero-order chi connectivity index (χ0) is 36.9. The van der Waals surface area contributed by atoms with Gasteiger partial charge in [0.1, 0.15) is 37.6 Å². The van der Waals surface area contributed by atoms with Crippen molar-refractivity contribution in [2.24, 2.45) is 5.92 Å². The lowest BCUT2D eigenvalue weighted by molar-refractivity contribution is -0.303. The number of aliphatic hydroxyl groups excluding tert-OH is 4. The molecule has 10 atom stereocenters. The Labute approximate surface area is 296 Å². The second-order valence-corrected chi connectivity index (χ2v) is 13.5. The van der Waals surface area contributed by atoms with Crippen LogP contribution in [0.25, 0.3) is 0 Å². The lowest BCUT2D eigenvalue weighted by atomic mass is 9.91. The van der Waals surface area contributed by atoms with Gasteiger partial charge in [0, 0.05) is 26.7 Å². The molecule has 290 valence electrons. The third-order valence-electron chi connectivity index (χ3n) is 9.02. The first kappa shape index (κ1) is 44.0. The van der Waals surface area contributed by atoms with Crippen LogP contribution in [0.15, 0.2) is 12.2 Å². The summed E-state index contributed by atoms with van der Waals surface area (Å²) in [6, 6.07) is 0. The molecule has 0 aliphatic carbocycles. The quantitative estimate of drug-likeness (QED) is 0.0522. The molecule has 14 nitrogen and oxygen atoms in total. The van der Waals surface area contributed by atoms with Gasteiger partial charge in [-0.3, -0.25) is 14.4 Å². The molecule has 2 aliphatic rings. The van der Waals surface area contributed by atoms with Crippen LogP contribution in [-0.4, -0.2) is 125 Å². The minimum atomic E-state index is -1.36. The lowest BCUT2D eigenvalue weighted by Crippen LogP contribution is -2.58. The maximum Gasteiger partial charge on any atom is 0.303 e. The predicted molar refractivity (Wildman–Crippen MR) is 181 cm³/mol. The first-order valence-electron chi connectivity index (χ1n) is 18.3. The van der Waals surface area contributed by atoms with Crippen molar-refractivity contribution in [3.8, 4) is 0 Å². The molecule has 2 heterocycles. The number of aliphatic hydroxyl groups is 4. The van der Waals surface area contributed by atoms with Crippen LogP contribution in [0.1, 0.15) is 111 Å². The molecular formula is C36H62O14. The van der Waals surface area contributed by atoms with Crippen LogP contribution in [0.5, 0.6) is 0 Å². The summed E-state index contributed by atoms with van der Waals surface area (Å²) in [6.07, 6.45) is 8.11. The van der Waals surface area contributed by atoms with Crippen molar-refractivity contribution in [1.82, 2.24) is 0 Å². The number of carbonyl (C=O) groups excluding carboxylic acids is 2. The van der Waals surface area contributed by atoms with Gasteiger partial charge in [-0.25, -0.2) is 0 Å². The van der Waals surface area contributed by atoms with E-state index in [4.69, 9.17) is 33.5 Å². The largest absolute Gasteiger partial charge is 0.481 e. The van der Waals surface area contributed by atoms with Gasteiger partial charge >= 0.3 is 17.9 Å². The minimum Gasteiger partial charge on any atom is -0.481 e. The number of rotatable bonds is 25. The Morgan fingerprint density at radius 1 is 0.720 bits per heavy atom. The Balaban J connectivity index is 1.77. The van der Waals surface area contributed by atoms with Gasteiger partial charge in [-0.15, -0.1) is 0 Å². The summed E-state index contributed by atoms with van der Waals surface area (Å²) >= 11 is 0. The third-order valence-corrected chi connectivity index (χ3v) is 9.02. The molecule has 10 unspecified atom stereocenters. The first-order chi connectivity index (χ1) is 23.9. The van der Waals surface area contributed by atoms with Crippen LogP contribution in [0.3, 0.4) is 0 Å². The molecule has 2 rings (SSSR count). The van der Waals surface area contributed by atoms with Crippen LogP contribution in [0.2, 0.25) is 0 Å². The number of allylic oxidation sites excluding steroid dienone is 2. The second kappa shape index (κ2) is 24.9. The highest BCUT2D eigenvalue weighted by atomic mass is 16.7. The number of aliphatic carboxylic acids is 1. The summed E-state index contributed by atoms with van der Waals surface area (Å²) in [5, 5.41) is 51.0. The zero-order valence-corrected chi connectivity index (χ0v) is 30.1. The Morgan fingerprint density at radius 3 is 1.88 bits per heavy atom. The fourth-order valence-electron chi connectivity index (χ4n) is 6.10. The fraction of sp³-hybridized carbons (Fsp3) is 0.861. The highest BCUT2D eigenvalue weighted by molar-refractivity contribution is 5.66. The van der Waals surface area contributed by atoms with Gasteiger partial charge < -0.3 is 54.0 Å². The average molecular weight is 719 g/mol. The van der Waals surface area contributed by atoms with Gasteiger partial charge in [-0.2, -0.15) is 0 Å². The van der Waals surface area contributed by atoms with Crippen LogP contribution >= 0.6 is 0 Å². The van der Waals surface area contributed by atoms with E-state index in [0.717, 1.165) is 77.0 Å². The number of ether oxygens (including phenoxy) is 6. The van der Waals surface area contributed by atoms with Crippen molar-refractivity contribution >= 4 is 17.9 Å². The number of carboxylic acid groups (broad SMARTS) is 1. The predicted octanol–water partition coefficient (Wildman–Crippen LogP) is 3.19. The fourth-order valence-corrected chi connectivity index (χ4v) is 6.10. The number of hydrogen-bond acceptors (Lipinski definition) is 13. The molecule has 14 heteroatoms. The van der Waals surface area contributed by atoms with Crippen LogP contribution in [0.4, 0.5) is 0 Å². The van der Waals surface area contributed by atoms with E-state index in [2.05, 4.69) is 12.2 Å². The van der Waals surface area contributed by atoms with Crippen molar-refractivity contribution in [1.29, 1.82) is 0 Å². The van der Waals surface area contributed by atoms with Crippen molar-refractivity contribution in [2.45, 2.75) is 166 Å². The maximum atomic E-state index is 11.4. The van der Waals surface area contributed by atoms with Crippen molar-refractivity contribution in [3.63, 3.8) is 0 Å². The molecule has 0 aromatic rings. The topological polar surface area (TPSA) is 208 Å². The molecule has 0 amide bonds. The molecule has 2 saturated heterocycles. The molecule has 0 bridgehead atoms. The Hall–Kier alpha value is -2.17. The summed E-state index contributed by atoms with van der Waals surface area (Å²) in [5.41, 5.74) is 0. The highest BCUT2D eigenvalue weighted by Gasteiger charge is 2.46. The van der Waals surface area contributed by atoms with E-state index >= 15 is 0 Å². The Kier molecular flexibility index (Phi) is 21.9. The Morgan fingerprint density at radius 2 is 1.28 bits per heavy atom. The zero-order valence-electron chi connectivity index (χ0n) is 30.1. The van der Waals surface area contributed by atoms with Crippen LogP contribution < -0.4 is 0 Å².